The zero-order valence-corrected chi connectivity index (χ0v) is 20.1. The van der Waals surface area contributed by atoms with Gasteiger partial charge in [-0.2, -0.15) is 0 Å². The zero-order chi connectivity index (χ0) is 23.6. The predicted octanol–water partition coefficient (Wildman–Crippen LogP) is 10.6. The maximum absolute atomic E-state index is 11.4. The van der Waals surface area contributed by atoms with Gasteiger partial charge in [-0.05, 0) is 58.1 Å². The van der Waals surface area contributed by atoms with E-state index in [-0.39, 0.29) is 83.2 Å². The minimum atomic E-state index is -0.240. The van der Waals surface area contributed by atoms with Gasteiger partial charge >= 0.3 is 17.9 Å². The van der Waals surface area contributed by atoms with Gasteiger partial charge < -0.3 is 14.2 Å². The quantitative estimate of drug-likeness (QED) is 0.252. The van der Waals surface area contributed by atoms with Crippen LogP contribution in [0.25, 0.3) is 0 Å². The lowest BCUT2D eigenvalue weighted by Gasteiger charge is -2.26. The van der Waals surface area contributed by atoms with Gasteiger partial charge in [-0.25, -0.2) is 4.79 Å². The summed E-state index contributed by atoms with van der Waals surface area (Å²) in [6.07, 6.45) is 5.15. The zero-order valence-electron chi connectivity index (χ0n) is 20.1. The summed E-state index contributed by atoms with van der Waals surface area (Å²) in [5.74, 6) is 0.360. The van der Waals surface area contributed by atoms with Gasteiger partial charge in [0, 0.05) is 6.42 Å². The van der Waals surface area contributed by atoms with Crippen LogP contribution in [0, 0.1) is 18.8 Å². The van der Waals surface area contributed by atoms with E-state index in [1.54, 1.807) is 26.8 Å². The summed E-state index contributed by atoms with van der Waals surface area (Å²) >= 11 is 0. The van der Waals surface area contributed by atoms with Crippen molar-refractivity contribution >= 4 is 17.9 Å². The highest BCUT2D eigenvalue weighted by Crippen LogP contribution is 2.30. The van der Waals surface area contributed by atoms with E-state index in [2.05, 4.69) is 11.7 Å². The number of carbonyl (C=O) groups excluding carboxylic acids is 3. The van der Waals surface area contributed by atoms with Crippen molar-refractivity contribution in [3.8, 4) is 0 Å². The van der Waals surface area contributed by atoms with Crippen molar-refractivity contribution in [2.45, 2.75) is 133 Å². The first-order valence-corrected chi connectivity index (χ1v) is 11.4. The van der Waals surface area contributed by atoms with Gasteiger partial charge in [0.15, 0.2) is 0 Å². The van der Waals surface area contributed by atoms with Crippen LogP contribution < -0.4 is 0 Å². The molecule has 0 bridgehead atoms. The van der Waals surface area contributed by atoms with E-state index in [0.717, 1.165) is 12.0 Å². The lowest BCUT2D eigenvalue weighted by atomic mass is 9.80. The van der Waals surface area contributed by atoms with Crippen LogP contribution in [0.15, 0.2) is 24.3 Å². The Morgan fingerprint density at radius 1 is 0.718 bits per heavy atom. The Morgan fingerprint density at radius 3 is 1.56 bits per heavy atom. The van der Waals surface area contributed by atoms with Crippen LogP contribution in [-0.4, -0.2) is 37.7 Å². The van der Waals surface area contributed by atoms with Crippen molar-refractivity contribution in [1.29, 1.82) is 0 Å². The molecular formula is C33H72O6. The van der Waals surface area contributed by atoms with Crippen LogP contribution in [0.4, 0.5) is 0 Å². The molecule has 6 nitrogen and oxygen atoms in total. The molecule has 0 saturated heterocycles. The molecular weight excluding hydrogens is 492 g/mol. The molecule has 0 spiro atoms. The summed E-state index contributed by atoms with van der Waals surface area (Å²) < 4.78 is 14.4. The predicted molar refractivity (Wildman–Crippen MR) is 176 cm³/mol. The van der Waals surface area contributed by atoms with Crippen LogP contribution >= 0.6 is 0 Å². The van der Waals surface area contributed by atoms with Gasteiger partial charge in [0.2, 0.25) is 0 Å². The van der Waals surface area contributed by atoms with Gasteiger partial charge in [0.25, 0.3) is 0 Å². The molecule has 2 atom stereocenters. The molecule has 39 heavy (non-hydrogen) atoms. The molecule has 0 aliphatic heterocycles. The molecule has 0 N–H and O–H groups in total. The number of hydrogen-bond acceptors (Lipinski definition) is 6. The Kier molecular flexibility index (Phi) is 59.0. The fraction of sp³-hybridized carbons (Fsp3) is 0.727. The number of aryl methyl sites for hydroxylation is 1. The van der Waals surface area contributed by atoms with E-state index in [1.807, 2.05) is 32.0 Å². The van der Waals surface area contributed by atoms with E-state index in [1.165, 1.54) is 19.3 Å². The Morgan fingerprint density at radius 2 is 1.18 bits per heavy atom. The SMILES string of the molecule is C.C.C.C.C.C.C.C.CCOC(=O)C1CCCCC1C.CCOC(=O)CC.CCOC(=O)c1ccccc1C. The van der Waals surface area contributed by atoms with Crippen molar-refractivity contribution in [1.82, 2.24) is 0 Å². The maximum atomic E-state index is 11.4. The highest BCUT2D eigenvalue weighted by Gasteiger charge is 2.28. The number of rotatable bonds is 6. The van der Waals surface area contributed by atoms with Crippen molar-refractivity contribution in [3.63, 3.8) is 0 Å². The molecule has 0 radical (unpaired) electrons. The average molecular weight is 565 g/mol. The summed E-state index contributed by atoms with van der Waals surface area (Å²) in [4.78, 5) is 32.8. The van der Waals surface area contributed by atoms with Crippen molar-refractivity contribution in [3.05, 3.63) is 35.4 Å². The number of hydrogen-bond donors (Lipinski definition) is 0. The molecule has 1 aromatic carbocycles. The molecule has 1 aliphatic rings. The molecule has 0 aromatic heterocycles. The summed E-state index contributed by atoms with van der Waals surface area (Å²) in [5, 5.41) is 0. The molecule has 6 heteroatoms. The standard InChI is InChI=1S/C10H18O2.C10H12O2.C5H10O2.8CH4/c2*1-3-12-10(11)9-7-5-4-6-8(9)2;1-3-5(6)7-4-2;;;;;;;;/h8-9H,3-7H2,1-2H3;4-7H,3H2,1-2H3;3-4H2,1-2H3;8*1H4. The minimum absolute atomic E-state index is 0. The van der Waals surface area contributed by atoms with Gasteiger partial charge in [0.1, 0.15) is 0 Å². The van der Waals surface area contributed by atoms with Crippen molar-refractivity contribution in [2.75, 3.05) is 19.8 Å². The lowest BCUT2D eigenvalue weighted by molar-refractivity contribution is -0.151. The molecule has 0 heterocycles. The first kappa shape index (κ1) is 60.9. The fourth-order valence-electron chi connectivity index (χ4n) is 3.19. The normalized spacial score (nSPS) is 13.6. The fourth-order valence-corrected chi connectivity index (χ4v) is 3.19. The van der Waals surface area contributed by atoms with Crippen molar-refractivity contribution < 1.29 is 28.6 Å². The van der Waals surface area contributed by atoms with E-state index < -0.39 is 0 Å². The lowest BCUT2D eigenvalue weighted by Crippen LogP contribution is -2.27. The first-order valence-electron chi connectivity index (χ1n) is 11.4. The topological polar surface area (TPSA) is 78.9 Å². The number of ether oxygens (including phenoxy) is 3. The third-order valence-electron chi connectivity index (χ3n) is 4.94. The summed E-state index contributed by atoms with van der Waals surface area (Å²) in [6, 6.07) is 7.40. The van der Waals surface area contributed by atoms with Crippen LogP contribution in [0.3, 0.4) is 0 Å². The molecule has 1 saturated carbocycles. The second-order valence-corrected chi connectivity index (χ2v) is 7.31. The summed E-state index contributed by atoms with van der Waals surface area (Å²) in [6.45, 7) is 12.7. The van der Waals surface area contributed by atoms with E-state index >= 15 is 0 Å². The van der Waals surface area contributed by atoms with Crippen LogP contribution in [0.1, 0.15) is 142 Å². The molecule has 2 rings (SSSR count). The van der Waals surface area contributed by atoms with E-state index in [0.29, 0.717) is 37.7 Å². The van der Waals surface area contributed by atoms with Gasteiger partial charge in [-0.15, -0.1) is 0 Å². The summed E-state index contributed by atoms with van der Waals surface area (Å²) in [5.41, 5.74) is 1.61. The molecule has 240 valence electrons. The first-order chi connectivity index (χ1) is 14.8. The smallest absolute Gasteiger partial charge is 0.338 e. The molecule has 1 fully saturated rings. The molecule has 1 aliphatic carbocycles. The van der Waals surface area contributed by atoms with E-state index in [9.17, 15) is 14.4 Å². The Balaban J connectivity index is -0.0000000461. The highest BCUT2D eigenvalue weighted by atomic mass is 16.5. The number of esters is 3. The second kappa shape index (κ2) is 37.8. The Hall–Kier alpha value is -2.37. The van der Waals surface area contributed by atoms with E-state index in [4.69, 9.17) is 9.47 Å². The minimum Gasteiger partial charge on any atom is -0.466 e. The third-order valence-corrected chi connectivity index (χ3v) is 4.94. The number of carbonyl (C=O) groups is 3. The highest BCUT2D eigenvalue weighted by molar-refractivity contribution is 5.90. The monoisotopic (exact) mass is 565 g/mol. The largest absolute Gasteiger partial charge is 0.466 e. The second-order valence-electron chi connectivity index (χ2n) is 7.31. The van der Waals surface area contributed by atoms with Gasteiger partial charge in [-0.1, -0.05) is 104 Å². The Bertz CT molecular complexity index is 657. The van der Waals surface area contributed by atoms with Crippen molar-refractivity contribution in [2.24, 2.45) is 11.8 Å². The number of benzene rings is 1. The Labute approximate surface area is 246 Å². The van der Waals surface area contributed by atoms with Crippen LogP contribution in [0.2, 0.25) is 0 Å². The maximum Gasteiger partial charge on any atom is 0.338 e. The van der Waals surface area contributed by atoms with Crippen LogP contribution in [0.5, 0.6) is 0 Å². The van der Waals surface area contributed by atoms with Gasteiger partial charge in [-0.3, -0.25) is 9.59 Å². The van der Waals surface area contributed by atoms with Crippen LogP contribution in [-0.2, 0) is 23.8 Å². The van der Waals surface area contributed by atoms with Gasteiger partial charge in [0.05, 0.1) is 31.3 Å². The average Bonchev–Trinajstić information content (AvgIpc) is 2.75. The third kappa shape index (κ3) is 27.0. The summed E-state index contributed by atoms with van der Waals surface area (Å²) in [7, 11) is 0. The molecule has 2 unspecified atom stereocenters. The molecule has 0 amide bonds. The molecule has 1 aromatic rings.